The van der Waals surface area contributed by atoms with Crippen LogP contribution in [-0.4, -0.2) is 16.6 Å². The molecule has 0 unspecified atom stereocenters. The average molecular weight is 433 g/mol. The molecule has 148 valence electrons. The number of halogens is 3. The second-order valence-corrected chi connectivity index (χ2v) is 7.78. The van der Waals surface area contributed by atoms with Gasteiger partial charge >= 0.3 is 6.18 Å². The molecule has 0 fully saturated rings. The molecule has 0 aliphatic carbocycles. The smallest absolute Gasteiger partial charge is 0.351 e. The van der Waals surface area contributed by atoms with Crippen molar-refractivity contribution in [3.05, 3.63) is 70.6 Å². The molecule has 0 saturated carbocycles. The molecule has 29 heavy (non-hydrogen) atoms. The van der Waals surface area contributed by atoms with E-state index in [1.807, 2.05) is 30.3 Å². The summed E-state index contributed by atoms with van der Waals surface area (Å²) >= 11 is 2.06. The van der Waals surface area contributed by atoms with Crippen LogP contribution < -0.4 is 5.32 Å². The van der Waals surface area contributed by atoms with Crippen molar-refractivity contribution < 1.29 is 18.0 Å². The van der Waals surface area contributed by atoms with Gasteiger partial charge in [-0.2, -0.15) is 18.4 Å². The number of pyridine rings is 1. The van der Waals surface area contributed by atoms with Gasteiger partial charge in [0.1, 0.15) is 11.1 Å². The van der Waals surface area contributed by atoms with Crippen molar-refractivity contribution >= 4 is 29.0 Å². The molecule has 1 aromatic carbocycles. The number of nitriles is 1. The number of thioether (sulfide) groups is 1. The van der Waals surface area contributed by atoms with E-state index in [0.29, 0.717) is 11.4 Å². The summed E-state index contributed by atoms with van der Waals surface area (Å²) in [6.45, 7) is 0.307. The zero-order valence-electron chi connectivity index (χ0n) is 14.9. The number of nitrogens with one attached hydrogen (secondary N) is 1. The number of carbonyl (C=O) groups is 1. The molecule has 0 radical (unpaired) electrons. The first-order chi connectivity index (χ1) is 13.9. The summed E-state index contributed by atoms with van der Waals surface area (Å²) in [7, 11) is 0. The van der Waals surface area contributed by atoms with E-state index < -0.39 is 17.3 Å². The molecular weight excluding hydrogens is 419 g/mol. The van der Waals surface area contributed by atoms with Crippen molar-refractivity contribution in [3.63, 3.8) is 0 Å². The lowest BCUT2D eigenvalue weighted by Gasteiger charge is -2.13. The normalized spacial score (nSPS) is 11.1. The lowest BCUT2D eigenvalue weighted by atomic mass is 10.1. The quantitative estimate of drug-likeness (QED) is 0.549. The molecule has 1 N–H and O–H groups in total. The third-order valence-electron chi connectivity index (χ3n) is 3.85. The molecule has 2 aromatic heterocycles. The maximum atomic E-state index is 13.5. The molecule has 9 heteroatoms. The lowest BCUT2D eigenvalue weighted by Crippen LogP contribution is -2.24. The highest BCUT2D eigenvalue weighted by atomic mass is 32.2. The zero-order valence-corrected chi connectivity index (χ0v) is 16.5. The Morgan fingerprint density at radius 2 is 1.97 bits per heavy atom. The molecule has 0 aliphatic heterocycles. The SMILES string of the molecule is N#Cc1c(C(F)(F)F)cc(-c2cccs2)nc1SCC(=O)NCc1ccccc1. The molecule has 0 saturated heterocycles. The maximum Gasteiger partial charge on any atom is 0.417 e. The first kappa shape index (κ1) is 20.9. The molecule has 1 amide bonds. The van der Waals surface area contributed by atoms with Crippen LogP contribution in [0.2, 0.25) is 0 Å². The van der Waals surface area contributed by atoms with Crippen LogP contribution in [0.15, 0.2) is 58.9 Å². The Kier molecular flexibility index (Phi) is 6.56. The van der Waals surface area contributed by atoms with Crippen molar-refractivity contribution in [1.82, 2.24) is 10.3 Å². The second-order valence-electron chi connectivity index (χ2n) is 5.87. The summed E-state index contributed by atoms with van der Waals surface area (Å²) in [5, 5.41) is 13.6. The number of thiophene rings is 1. The maximum absolute atomic E-state index is 13.5. The van der Waals surface area contributed by atoms with Crippen molar-refractivity contribution in [2.24, 2.45) is 0 Å². The Morgan fingerprint density at radius 1 is 1.21 bits per heavy atom. The fraction of sp³-hybridized carbons (Fsp3) is 0.150. The van der Waals surface area contributed by atoms with E-state index in [0.717, 1.165) is 23.4 Å². The van der Waals surface area contributed by atoms with E-state index in [9.17, 15) is 23.2 Å². The molecule has 3 rings (SSSR count). The van der Waals surface area contributed by atoms with Crippen LogP contribution in [-0.2, 0) is 17.5 Å². The summed E-state index contributed by atoms with van der Waals surface area (Å²) < 4.78 is 40.4. The molecule has 0 atom stereocenters. The summed E-state index contributed by atoms with van der Waals surface area (Å²) in [4.78, 5) is 16.9. The second kappa shape index (κ2) is 9.11. The summed E-state index contributed by atoms with van der Waals surface area (Å²) in [5.41, 5.74) is -0.594. The van der Waals surface area contributed by atoms with Crippen LogP contribution >= 0.6 is 23.1 Å². The van der Waals surface area contributed by atoms with Crippen LogP contribution in [0.4, 0.5) is 13.2 Å². The van der Waals surface area contributed by atoms with Gasteiger partial charge in [0.25, 0.3) is 0 Å². The van der Waals surface area contributed by atoms with Gasteiger partial charge in [0.05, 0.1) is 27.5 Å². The van der Waals surface area contributed by atoms with Gasteiger partial charge in [0, 0.05) is 6.54 Å². The van der Waals surface area contributed by atoms with Gasteiger partial charge in [0.15, 0.2) is 0 Å². The number of hydrogen-bond acceptors (Lipinski definition) is 5. The number of amides is 1. The van der Waals surface area contributed by atoms with Gasteiger partial charge in [0.2, 0.25) is 5.91 Å². The highest BCUT2D eigenvalue weighted by molar-refractivity contribution is 8.00. The number of nitrogens with zero attached hydrogens (tertiary/aromatic N) is 2. The molecule has 4 nitrogen and oxygen atoms in total. The highest BCUT2D eigenvalue weighted by Crippen LogP contribution is 2.38. The van der Waals surface area contributed by atoms with E-state index in [1.165, 1.54) is 11.3 Å². The van der Waals surface area contributed by atoms with Gasteiger partial charge in [-0.05, 0) is 23.1 Å². The summed E-state index contributed by atoms with van der Waals surface area (Å²) in [6, 6.07) is 15.1. The first-order valence-electron chi connectivity index (χ1n) is 8.38. The van der Waals surface area contributed by atoms with Gasteiger partial charge in [-0.1, -0.05) is 48.2 Å². The standard InChI is InChI=1S/C20H14F3N3OS2/c21-20(22,23)15-9-16(17-7-4-8-28-17)26-19(14(15)10-24)29-12-18(27)25-11-13-5-2-1-3-6-13/h1-9H,11-12H2,(H,25,27). The fourth-order valence-electron chi connectivity index (χ4n) is 2.49. The van der Waals surface area contributed by atoms with E-state index >= 15 is 0 Å². The van der Waals surface area contributed by atoms with Crippen molar-refractivity contribution in [2.75, 3.05) is 5.75 Å². The van der Waals surface area contributed by atoms with Crippen LogP contribution in [0.25, 0.3) is 10.6 Å². The Morgan fingerprint density at radius 3 is 2.59 bits per heavy atom. The highest BCUT2D eigenvalue weighted by Gasteiger charge is 2.36. The largest absolute Gasteiger partial charge is 0.417 e. The molecule has 3 aromatic rings. The fourth-order valence-corrected chi connectivity index (χ4v) is 4.01. The molecule has 0 bridgehead atoms. The minimum absolute atomic E-state index is 0.111. The number of benzene rings is 1. The number of rotatable bonds is 6. The van der Waals surface area contributed by atoms with Crippen molar-refractivity contribution in [1.29, 1.82) is 5.26 Å². The number of carbonyl (C=O) groups excluding carboxylic acids is 1. The Bertz CT molecular complexity index is 1030. The minimum Gasteiger partial charge on any atom is -0.351 e. The predicted octanol–water partition coefficient (Wildman–Crippen LogP) is 5.11. The van der Waals surface area contributed by atoms with Gasteiger partial charge in [-0.25, -0.2) is 4.98 Å². The zero-order chi connectivity index (χ0) is 20.9. The lowest BCUT2D eigenvalue weighted by molar-refractivity contribution is -0.138. The monoisotopic (exact) mass is 433 g/mol. The van der Waals surface area contributed by atoms with Crippen molar-refractivity contribution in [3.8, 4) is 16.6 Å². The summed E-state index contributed by atoms with van der Waals surface area (Å²) in [6.07, 6.45) is -4.70. The molecule has 2 heterocycles. The van der Waals surface area contributed by atoms with Crippen LogP contribution in [0.1, 0.15) is 16.7 Å². The topological polar surface area (TPSA) is 65.8 Å². The number of aromatic nitrogens is 1. The van der Waals surface area contributed by atoms with Crippen LogP contribution in [0, 0.1) is 11.3 Å². The van der Waals surface area contributed by atoms with Gasteiger partial charge in [-0.15, -0.1) is 11.3 Å². The Hall–Kier alpha value is -2.83. The Balaban J connectivity index is 1.81. The first-order valence-corrected chi connectivity index (χ1v) is 10.2. The van der Waals surface area contributed by atoms with Gasteiger partial charge in [-0.3, -0.25) is 4.79 Å². The van der Waals surface area contributed by atoms with Crippen LogP contribution in [0.3, 0.4) is 0 Å². The van der Waals surface area contributed by atoms with E-state index in [1.54, 1.807) is 23.6 Å². The van der Waals surface area contributed by atoms with Gasteiger partial charge < -0.3 is 5.32 Å². The molecule has 0 spiro atoms. The average Bonchev–Trinajstić information content (AvgIpc) is 3.25. The Labute approximate surface area is 173 Å². The van der Waals surface area contributed by atoms with Crippen LogP contribution in [0.5, 0.6) is 0 Å². The molecular formula is C20H14F3N3OS2. The minimum atomic E-state index is -4.70. The van der Waals surface area contributed by atoms with E-state index in [2.05, 4.69) is 10.3 Å². The van der Waals surface area contributed by atoms with E-state index in [-0.39, 0.29) is 22.4 Å². The number of hydrogen-bond donors (Lipinski definition) is 1. The van der Waals surface area contributed by atoms with Crippen molar-refractivity contribution in [2.45, 2.75) is 17.7 Å². The number of alkyl halides is 3. The third kappa shape index (κ3) is 5.37. The predicted molar refractivity (Wildman–Crippen MR) is 106 cm³/mol. The van der Waals surface area contributed by atoms with E-state index in [4.69, 9.17) is 0 Å². The third-order valence-corrected chi connectivity index (χ3v) is 5.72. The molecule has 0 aliphatic rings. The summed E-state index contributed by atoms with van der Waals surface area (Å²) in [5.74, 6) is -0.515.